The summed E-state index contributed by atoms with van der Waals surface area (Å²) in [6.45, 7) is -0.314. The first kappa shape index (κ1) is 14.7. The summed E-state index contributed by atoms with van der Waals surface area (Å²) in [6, 6.07) is -0.553. The number of nitrogens with one attached hydrogen (secondary N) is 1. The van der Waals surface area contributed by atoms with Crippen LogP contribution in [0.4, 0.5) is 4.79 Å². The summed E-state index contributed by atoms with van der Waals surface area (Å²) in [6.07, 6.45) is 2.37. The molecule has 0 heterocycles. The topological polar surface area (TPSA) is 110 Å². The van der Waals surface area contributed by atoms with Crippen molar-refractivity contribution in [1.29, 1.82) is 0 Å². The molecular weight excluding hydrogens is 240 g/mol. The summed E-state index contributed by atoms with van der Waals surface area (Å²) in [5.41, 5.74) is -1.19. The average molecular weight is 260 g/mol. The van der Waals surface area contributed by atoms with E-state index in [0.29, 0.717) is 12.8 Å². The van der Waals surface area contributed by atoms with E-state index in [9.17, 15) is 14.7 Å². The Morgan fingerprint density at radius 2 is 1.61 bits per heavy atom. The van der Waals surface area contributed by atoms with E-state index in [4.69, 9.17) is 10.2 Å². The van der Waals surface area contributed by atoms with Crippen molar-refractivity contribution in [3.05, 3.63) is 0 Å². The molecule has 0 spiro atoms. The Balaban J connectivity index is 2.67. The Morgan fingerprint density at radius 3 is 2.00 bits per heavy atom. The Hall–Kier alpha value is -1.34. The predicted octanol–water partition coefficient (Wildman–Crippen LogP) is -0.620. The molecule has 0 radical (unpaired) electrons. The SMILES string of the molecule is O=C(NC1(C(=O)O)CCCC1)N(CCO)CCO. The highest BCUT2D eigenvalue weighted by Crippen LogP contribution is 2.30. The molecule has 7 nitrogen and oxygen atoms in total. The summed E-state index contributed by atoms with van der Waals surface area (Å²) >= 11 is 0. The van der Waals surface area contributed by atoms with E-state index in [0.717, 1.165) is 12.8 Å². The van der Waals surface area contributed by atoms with Crippen LogP contribution in [0.25, 0.3) is 0 Å². The summed E-state index contributed by atoms with van der Waals surface area (Å²) in [4.78, 5) is 24.4. The van der Waals surface area contributed by atoms with Crippen molar-refractivity contribution < 1.29 is 24.9 Å². The largest absolute Gasteiger partial charge is 0.480 e. The molecule has 0 unspecified atom stereocenters. The van der Waals surface area contributed by atoms with Gasteiger partial charge in [0.15, 0.2) is 0 Å². The molecular formula is C11H20N2O5. The summed E-state index contributed by atoms with van der Waals surface area (Å²) in [7, 11) is 0. The van der Waals surface area contributed by atoms with Crippen LogP contribution in [0.5, 0.6) is 0 Å². The standard InChI is InChI=1S/C11H20N2O5/c14-7-5-13(6-8-15)10(18)12-11(9(16)17)3-1-2-4-11/h14-15H,1-8H2,(H,12,18)(H,16,17). The van der Waals surface area contributed by atoms with E-state index in [1.807, 2.05) is 0 Å². The second-order valence-electron chi connectivity index (χ2n) is 4.46. The number of hydrogen-bond acceptors (Lipinski definition) is 4. The highest BCUT2D eigenvalue weighted by atomic mass is 16.4. The van der Waals surface area contributed by atoms with Gasteiger partial charge >= 0.3 is 12.0 Å². The highest BCUT2D eigenvalue weighted by Gasteiger charge is 2.43. The van der Waals surface area contributed by atoms with Crippen molar-refractivity contribution in [3.63, 3.8) is 0 Å². The Bertz CT molecular complexity index is 296. The minimum absolute atomic E-state index is 0.0715. The molecule has 0 aromatic heterocycles. The van der Waals surface area contributed by atoms with E-state index in [-0.39, 0.29) is 26.3 Å². The zero-order chi connectivity index (χ0) is 13.6. The second-order valence-corrected chi connectivity index (χ2v) is 4.46. The summed E-state index contributed by atoms with van der Waals surface area (Å²) < 4.78 is 0. The number of carbonyl (C=O) groups excluding carboxylic acids is 1. The number of hydrogen-bond donors (Lipinski definition) is 4. The number of carboxylic acids is 1. The molecule has 0 aromatic rings. The Morgan fingerprint density at radius 1 is 1.11 bits per heavy atom. The maximum Gasteiger partial charge on any atom is 0.329 e. The van der Waals surface area contributed by atoms with E-state index in [2.05, 4.69) is 5.32 Å². The number of aliphatic hydroxyl groups excluding tert-OH is 2. The van der Waals surface area contributed by atoms with E-state index >= 15 is 0 Å². The molecule has 18 heavy (non-hydrogen) atoms. The van der Waals surface area contributed by atoms with Crippen LogP contribution in [0.15, 0.2) is 0 Å². The van der Waals surface area contributed by atoms with Crippen molar-refractivity contribution in [2.45, 2.75) is 31.2 Å². The van der Waals surface area contributed by atoms with Gasteiger partial charge in [-0.2, -0.15) is 0 Å². The van der Waals surface area contributed by atoms with Gasteiger partial charge in [-0.3, -0.25) is 0 Å². The Kier molecular flexibility index (Phi) is 5.36. The molecule has 0 bridgehead atoms. The second kappa shape index (κ2) is 6.55. The zero-order valence-electron chi connectivity index (χ0n) is 10.3. The fourth-order valence-electron chi connectivity index (χ4n) is 2.21. The van der Waals surface area contributed by atoms with Gasteiger partial charge in [-0.05, 0) is 12.8 Å². The summed E-state index contributed by atoms with van der Waals surface area (Å²) in [5.74, 6) is -1.03. The lowest BCUT2D eigenvalue weighted by Gasteiger charge is -2.29. The minimum atomic E-state index is -1.19. The van der Waals surface area contributed by atoms with Gasteiger partial charge in [0.1, 0.15) is 5.54 Å². The number of nitrogens with zero attached hydrogens (tertiary/aromatic N) is 1. The normalized spacial score (nSPS) is 17.4. The molecule has 104 valence electrons. The average Bonchev–Trinajstić information content (AvgIpc) is 2.78. The third-order valence-electron chi connectivity index (χ3n) is 3.24. The number of aliphatic carboxylic acids is 1. The molecule has 0 aromatic carbocycles. The number of urea groups is 1. The van der Waals surface area contributed by atoms with Crippen LogP contribution in [0.2, 0.25) is 0 Å². The molecule has 1 aliphatic rings. The number of carbonyl (C=O) groups is 2. The first-order valence-electron chi connectivity index (χ1n) is 6.08. The van der Waals surface area contributed by atoms with E-state index in [1.54, 1.807) is 0 Å². The van der Waals surface area contributed by atoms with Crippen molar-refractivity contribution >= 4 is 12.0 Å². The van der Waals surface area contributed by atoms with Gasteiger partial charge < -0.3 is 25.5 Å². The minimum Gasteiger partial charge on any atom is -0.480 e. The molecule has 4 N–H and O–H groups in total. The molecule has 1 rings (SSSR count). The Labute approximate surface area is 105 Å². The lowest BCUT2D eigenvalue weighted by Crippen LogP contribution is -2.57. The van der Waals surface area contributed by atoms with Crippen LogP contribution in [-0.2, 0) is 4.79 Å². The van der Waals surface area contributed by atoms with Gasteiger partial charge in [0, 0.05) is 13.1 Å². The maximum atomic E-state index is 11.9. The highest BCUT2D eigenvalue weighted by molar-refractivity contribution is 5.86. The molecule has 1 aliphatic carbocycles. The molecule has 2 amide bonds. The van der Waals surface area contributed by atoms with Crippen molar-refractivity contribution in [2.24, 2.45) is 0 Å². The van der Waals surface area contributed by atoms with Gasteiger partial charge in [0.05, 0.1) is 13.2 Å². The lowest BCUT2D eigenvalue weighted by molar-refractivity contribution is -0.144. The third-order valence-corrected chi connectivity index (χ3v) is 3.24. The van der Waals surface area contributed by atoms with Gasteiger partial charge in [0.25, 0.3) is 0 Å². The smallest absolute Gasteiger partial charge is 0.329 e. The van der Waals surface area contributed by atoms with E-state index in [1.165, 1.54) is 4.90 Å². The van der Waals surface area contributed by atoms with Gasteiger partial charge in [-0.15, -0.1) is 0 Å². The third kappa shape index (κ3) is 3.33. The molecule has 1 saturated carbocycles. The summed E-state index contributed by atoms with van der Waals surface area (Å²) in [5, 5.41) is 29.4. The monoisotopic (exact) mass is 260 g/mol. The first-order valence-corrected chi connectivity index (χ1v) is 6.08. The number of aliphatic hydroxyl groups is 2. The van der Waals surface area contributed by atoms with Crippen LogP contribution >= 0.6 is 0 Å². The molecule has 7 heteroatoms. The van der Waals surface area contributed by atoms with E-state index < -0.39 is 17.5 Å². The van der Waals surface area contributed by atoms with Crippen LogP contribution in [-0.4, -0.2) is 64.1 Å². The molecule has 0 atom stereocenters. The van der Waals surface area contributed by atoms with Gasteiger partial charge in [-0.1, -0.05) is 12.8 Å². The van der Waals surface area contributed by atoms with Gasteiger partial charge in [-0.25, -0.2) is 9.59 Å². The van der Waals surface area contributed by atoms with Crippen LogP contribution < -0.4 is 5.32 Å². The van der Waals surface area contributed by atoms with Crippen molar-refractivity contribution in [1.82, 2.24) is 10.2 Å². The van der Waals surface area contributed by atoms with Crippen LogP contribution in [0.3, 0.4) is 0 Å². The fourth-order valence-corrected chi connectivity index (χ4v) is 2.21. The first-order chi connectivity index (χ1) is 8.55. The molecule has 0 saturated heterocycles. The van der Waals surface area contributed by atoms with Crippen molar-refractivity contribution in [3.8, 4) is 0 Å². The number of rotatable bonds is 6. The van der Waals surface area contributed by atoms with Crippen LogP contribution in [0, 0.1) is 0 Å². The molecule has 0 aliphatic heterocycles. The predicted molar refractivity (Wildman–Crippen MR) is 63.1 cm³/mol. The van der Waals surface area contributed by atoms with Crippen molar-refractivity contribution in [2.75, 3.05) is 26.3 Å². The quantitative estimate of drug-likeness (QED) is 0.509. The lowest BCUT2D eigenvalue weighted by atomic mass is 9.98. The number of carboxylic acid groups (broad SMARTS) is 1. The molecule has 1 fully saturated rings. The van der Waals surface area contributed by atoms with Gasteiger partial charge in [0.2, 0.25) is 0 Å². The maximum absolute atomic E-state index is 11.9. The fraction of sp³-hybridized carbons (Fsp3) is 0.818. The van der Waals surface area contributed by atoms with Crippen LogP contribution in [0.1, 0.15) is 25.7 Å². The zero-order valence-corrected chi connectivity index (χ0v) is 10.3. The number of amides is 2.